The highest BCUT2D eigenvalue weighted by Gasteiger charge is 2.11. The normalized spacial score (nSPS) is 9.89. The molecule has 1 rings (SSSR count). The Bertz CT molecular complexity index is 469. The van der Waals surface area contributed by atoms with Crippen LogP contribution >= 0.6 is 23.2 Å². The van der Waals surface area contributed by atoms with Crippen LogP contribution in [0.25, 0.3) is 0 Å². The number of benzene rings is 1. The fourth-order valence-corrected chi connectivity index (χ4v) is 1.55. The molecule has 18 heavy (non-hydrogen) atoms. The van der Waals surface area contributed by atoms with Crippen LogP contribution < -0.4 is 0 Å². The van der Waals surface area contributed by atoms with Gasteiger partial charge in [-0.05, 0) is 18.2 Å². The monoisotopic (exact) mass is 286 g/mol. The Balaban J connectivity index is 2.52. The van der Waals surface area contributed by atoms with Gasteiger partial charge in [0, 0.05) is 12.0 Å². The summed E-state index contributed by atoms with van der Waals surface area (Å²) >= 11 is 11.5. The molecule has 0 heterocycles. The van der Waals surface area contributed by atoms with Gasteiger partial charge in [0.2, 0.25) is 0 Å². The summed E-state index contributed by atoms with van der Waals surface area (Å²) in [5.74, 6) is -0.604. The molecule has 5 heteroatoms. The molecule has 0 aliphatic heterocycles. The van der Waals surface area contributed by atoms with Crippen LogP contribution in [0.4, 0.5) is 0 Å². The average Bonchev–Trinajstić information content (AvgIpc) is 2.36. The van der Waals surface area contributed by atoms with Gasteiger partial charge in [-0.25, -0.2) is 0 Å². The first-order valence-electron chi connectivity index (χ1n) is 5.29. The number of carbonyl (C=O) groups excluding carboxylic acids is 2. The molecule has 1 aromatic carbocycles. The second-order valence-corrected chi connectivity index (χ2v) is 4.34. The van der Waals surface area contributed by atoms with Gasteiger partial charge in [0.15, 0.2) is 5.78 Å². The summed E-state index contributed by atoms with van der Waals surface area (Å²) in [5, 5.41) is 0.704. The van der Waals surface area contributed by atoms with Gasteiger partial charge in [0.1, 0.15) is 6.61 Å². The minimum atomic E-state index is -0.427. The second kappa shape index (κ2) is 7.19. The van der Waals surface area contributed by atoms with Crippen molar-refractivity contribution in [2.75, 3.05) is 6.61 Å². The van der Waals surface area contributed by atoms with Gasteiger partial charge in [-0.3, -0.25) is 9.59 Å². The van der Waals surface area contributed by atoms with Gasteiger partial charge in [0.25, 0.3) is 0 Å². The van der Waals surface area contributed by atoms with E-state index >= 15 is 0 Å². The minimum absolute atomic E-state index is 0.0346. The highest BCUT2D eigenvalue weighted by Crippen LogP contribution is 2.23. The molecular weight excluding hydrogens is 275 g/mol. The van der Waals surface area contributed by atoms with Crippen molar-refractivity contribution in [1.29, 1.82) is 0 Å². The predicted molar refractivity (Wildman–Crippen MR) is 71.2 cm³/mol. The van der Waals surface area contributed by atoms with Crippen LogP contribution in [-0.4, -0.2) is 18.4 Å². The van der Waals surface area contributed by atoms with Crippen molar-refractivity contribution >= 4 is 35.0 Å². The molecule has 0 aliphatic rings. The quantitative estimate of drug-likeness (QED) is 0.455. The summed E-state index contributed by atoms with van der Waals surface area (Å²) in [7, 11) is 0. The molecule has 0 saturated heterocycles. The summed E-state index contributed by atoms with van der Waals surface area (Å²) in [6.07, 6.45) is 1.58. The van der Waals surface area contributed by atoms with E-state index in [1.165, 1.54) is 12.1 Å². The van der Waals surface area contributed by atoms with Crippen molar-refractivity contribution in [3.05, 3.63) is 46.5 Å². The molecule has 0 spiro atoms. The van der Waals surface area contributed by atoms with Gasteiger partial charge < -0.3 is 4.74 Å². The smallest absolute Gasteiger partial charge is 0.306 e. The molecule has 0 aliphatic carbocycles. The van der Waals surface area contributed by atoms with Gasteiger partial charge in [-0.2, -0.15) is 0 Å². The molecule has 0 N–H and O–H groups in total. The van der Waals surface area contributed by atoms with E-state index in [9.17, 15) is 9.59 Å². The van der Waals surface area contributed by atoms with E-state index in [1.54, 1.807) is 12.1 Å². The fourth-order valence-electron chi connectivity index (χ4n) is 1.25. The van der Waals surface area contributed by atoms with E-state index in [2.05, 4.69) is 6.58 Å². The average molecular weight is 287 g/mol. The molecule has 96 valence electrons. The fraction of sp³-hybridized carbons (Fsp3) is 0.231. The van der Waals surface area contributed by atoms with Gasteiger partial charge in [0.05, 0.1) is 16.5 Å². The highest BCUT2D eigenvalue weighted by molar-refractivity contribution is 6.42. The minimum Gasteiger partial charge on any atom is -0.461 e. The van der Waals surface area contributed by atoms with Crippen molar-refractivity contribution in [3.63, 3.8) is 0 Å². The van der Waals surface area contributed by atoms with Crippen LogP contribution in [0.3, 0.4) is 0 Å². The van der Waals surface area contributed by atoms with E-state index in [-0.39, 0.29) is 25.2 Å². The first-order chi connectivity index (χ1) is 8.54. The van der Waals surface area contributed by atoms with E-state index < -0.39 is 5.97 Å². The van der Waals surface area contributed by atoms with Gasteiger partial charge in [-0.1, -0.05) is 35.9 Å². The molecule has 0 saturated carbocycles. The van der Waals surface area contributed by atoms with E-state index in [1.807, 2.05) is 0 Å². The Labute approximate surface area is 115 Å². The van der Waals surface area contributed by atoms with Crippen LogP contribution in [0.5, 0.6) is 0 Å². The molecular formula is C13H12Cl2O3. The molecule has 1 aromatic rings. The maximum Gasteiger partial charge on any atom is 0.306 e. The second-order valence-electron chi connectivity index (χ2n) is 3.52. The number of ketones is 1. The third-order valence-electron chi connectivity index (χ3n) is 2.16. The van der Waals surface area contributed by atoms with E-state index in [0.29, 0.717) is 15.6 Å². The zero-order chi connectivity index (χ0) is 13.5. The van der Waals surface area contributed by atoms with Crippen molar-refractivity contribution in [2.45, 2.75) is 12.8 Å². The summed E-state index contributed by atoms with van der Waals surface area (Å²) in [4.78, 5) is 22.9. The Morgan fingerprint density at radius 3 is 2.56 bits per heavy atom. The number of Topliss-reactive ketones (excluding diaryl/α,β-unsaturated/α-hetero) is 1. The lowest BCUT2D eigenvalue weighted by Crippen LogP contribution is -2.08. The van der Waals surface area contributed by atoms with Crippen molar-refractivity contribution in [1.82, 2.24) is 0 Å². The standard InChI is InChI=1S/C13H12Cl2O3/c1-2-7-18-13(17)6-5-12(16)9-3-4-10(14)11(15)8-9/h2-4,8H,1,5-7H2. The van der Waals surface area contributed by atoms with Crippen molar-refractivity contribution in [2.24, 2.45) is 0 Å². The highest BCUT2D eigenvalue weighted by atomic mass is 35.5. The largest absolute Gasteiger partial charge is 0.461 e. The molecule has 0 atom stereocenters. The Hall–Kier alpha value is -1.32. The SMILES string of the molecule is C=CCOC(=O)CCC(=O)c1ccc(Cl)c(Cl)c1. The summed E-state index contributed by atoms with van der Waals surface area (Å²) in [6.45, 7) is 3.57. The summed E-state index contributed by atoms with van der Waals surface area (Å²) < 4.78 is 4.76. The lowest BCUT2D eigenvalue weighted by Gasteiger charge is -2.03. The maximum atomic E-state index is 11.8. The number of hydrogen-bond acceptors (Lipinski definition) is 3. The Morgan fingerprint density at radius 1 is 1.22 bits per heavy atom. The lowest BCUT2D eigenvalue weighted by atomic mass is 10.1. The van der Waals surface area contributed by atoms with E-state index in [4.69, 9.17) is 27.9 Å². The van der Waals surface area contributed by atoms with Crippen molar-refractivity contribution < 1.29 is 14.3 Å². The van der Waals surface area contributed by atoms with Gasteiger partial charge in [-0.15, -0.1) is 0 Å². The number of esters is 1. The molecule has 0 aromatic heterocycles. The summed E-state index contributed by atoms with van der Waals surface area (Å²) in [5.41, 5.74) is 0.431. The molecule has 0 bridgehead atoms. The topological polar surface area (TPSA) is 43.4 Å². The molecule has 0 fully saturated rings. The predicted octanol–water partition coefficient (Wildman–Crippen LogP) is 3.69. The number of rotatable bonds is 6. The first-order valence-corrected chi connectivity index (χ1v) is 6.05. The van der Waals surface area contributed by atoms with Crippen LogP contribution in [0.2, 0.25) is 10.0 Å². The first kappa shape index (κ1) is 14.7. The molecule has 0 amide bonds. The lowest BCUT2D eigenvalue weighted by molar-refractivity contribution is -0.142. The van der Waals surface area contributed by atoms with E-state index in [0.717, 1.165) is 0 Å². The van der Waals surface area contributed by atoms with Crippen LogP contribution in [-0.2, 0) is 9.53 Å². The van der Waals surface area contributed by atoms with Crippen molar-refractivity contribution in [3.8, 4) is 0 Å². The third kappa shape index (κ3) is 4.51. The number of hydrogen-bond donors (Lipinski definition) is 0. The van der Waals surface area contributed by atoms with Crippen LogP contribution in [0.1, 0.15) is 23.2 Å². The van der Waals surface area contributed by atoms with Gasteiger partial charge >= 0.3 is 5.97 Å². The summed E-state index contributed by atoms with van der Waals surface area (Å²) in [6, 6.07) is 4.61. The maximum absolute atomic E-state index is 11.8. The number of halogens is 2. The molecule has 0 unspecified atom stereocenters. The number of carbonyl (C=O) groups is 2. The molecule has 0 radical (unpaired) electrons. The zero-order valence-electron chi connectivity index (χ0n) is 9.62. The molecule has 3 nitrogen and oxygen atoms in total. The van der Waals surface area contributed by atoms with Crippen LogP contribution in [0.15, 0.2) is 30.9 Å². The third-order valence-corrected chi connectivity index (χ3v) is 2.90. The van der Waals surface area contributed by atoms with Crippen LogP contribution in [0, 0.1) is 0 Å². The Kier molecular flexibility index (Phi) is 5.89. The zero-order valence-corrected chi connectivity index (χ0v) is 11.1. The number of ether oxygens (including phenoxy) is 1. The Morgan fingerprint density at radius 2 is 1.94 bits per heavy atom.